The summed E-state index contributed by atoms with van der Waals surface area (Å²) in [6.45, 7) is 5.69. The van der Waals surface area contributed by atoms with Gasteiger partial charge in [0.05, 0.1) is 17.0 Å². The summed E-state index contributed by atoms with van der Waals surface area (Å²) in [6.07, 6.45) is 1.58. The van der Waals surface area contributed by atoms with Crippen molar-refractivity contribution >= 4 is 27.5 Å². The van der Waals surface area contributed by atoms with Crippen molar-refractivity contribution in [1.82, 2.24) is 9.62 Å². The topological polar surface area (TPSA) is 75.7 Å². The number of sulfonamides is 1. The quantitative estimate of drug-likeness (QED) is 0.726. The molecule has 0 aliphatic carbocycles. The lowest BCUT2D eigenvalue weighted by Gasteiger charge is -2.19. The van der Waals surface area contributed by atoms with E-state index in [1.807, 2.05) is 0 Å². The second-order valence-corrected chi connectivity index (χ2v) is 6.62. The Bertz CT molecular complexity index is 646. The second-order valence-electron chi connectivity index (χ2n) is 4.45. The molecule has 122 valence electrons. The van der Waals surface area contributed by atoms with Gasteiger partial charge in [0.15, 0.2) is 0 Å². The first kappa shape index (κ1) is 18.5. The summed E-state index contributed by atoms with van der Waals surface area (Å²) in [7, 11) is -2.25. The van der Waals surface area contributed by atoms with Crippen LogP contribution in [0.2, 0.25) is 5.02 Å². The highest BCUT2D eigenvalue weighted by Crippen LogP contribution is 2.26. The Hall–Kier alpha value is -1.57. The van der Waals surface area contributed by atoms with Crippen LogP contribution in [0.1, 0.15) is 6.92 Å². The van der Waals surface area contributed by atoms with E-state index in [0.717, 1.165) is 0 Å². The molecule has 0 fully saturated rings. The number of carbonyl (C=O) groups is 1. The van der Waals surface area contributed by atoms with E-state index in [-0.39, 0.29) is 28.9 Å². The number of hydrogen-bond acceptors (Lipinski definition) is 4. The highest BCUT2D eigenvalue weighted by molar-refractivity contribution is 7.89. The fourth-order valence-corrected chi connectivity index (χ4v) is 3.11. The van der Waals surface area contributed by atoms with Crippen molar-refractivity contribution in [3.8, 4) is 5.75 Å². The van der Waals surface area contributed by atoms with E-state index in [1.165, 1.54) is 37.1 Å². The average Bonchev–Trinajstić information content (AvgIpc) is 2.46. The smallest absolute Gasteiger partial charge is 0.240 e. The maximum absolute atomic E-state index is 12.2. The number of nitrogens with one attached hydrogen (secondary N) is 1. The number of methoxy groups -OCH3 is 1. The Morgan fingerprint density at radius 1 is 1.50 bits per heavy atom. The van der Waals surface area contributed by atoms with Crippen LogP contribution >= 0.6 is 11.6 Å². The van der Waals surface area contributed by atoms with Gasteiger partial charge in [-0.25, -0.2) is 13.1 Å². The minimum Gasteiger partial charge on any atom is -0.495 e. The summed E-state index contributed by atoms with van der Waals surface area (Å²) in [5.74, 6) is 0.251. The van der Waals surface area contributed by atoms with Gasteiger partial charge in [-0.05, 0) is 18.2 Å². The molecule has 1 aromatic carbocycles. The van der Waals surface area contributed by atoms with Gasteiger partial charge in [-0.3, -0.25) is 4.79 Å². The molecule has 22 heavy (non-hydrogen) atoms. The van der Waals surface area contributed by atoms with Gasteiger partial charge >= 0.3 is 0 Å². The number of ether oxygens (including phenoxy) is 1. The van der Waals surface area contributed by atoms with Crippen molar-refractivity contribution in [2.24, 2.45) is 0 Å². The predicted octanol–water partition coefficient (Wildman–Crippen LogP) is 1.66. The van der Waals surface area contributed by atoms with Crippen LogP contribution in [0.5, 0.6) is 5.75 Å². The maximum Gasteiger partial charge on any atom is 0.240 e. The van der Waals surface area contributed by atoms with Gasteiger partial charge < -0.3 is 9.64 Å². The van der Waals surface area contributed by atoms with Crippen LogP contribution in [-0.4, -0.2) is 46.0 Å². The van der Waals surface area contributed by atoms with E-state index < -0.39 is 10.0 Å². The largest absolute Gasteiger partial charge is 0.495 e. The van der Waals surface area contributed by atoms with Crippen LogP contribution in [0.3, 0.4) is 0 Å². The minimum atomic E-state index is -3.70. The fraction of sp³-hybridized carbons (Fsp3) is 0.357. The summed E-state index contributed by atoms with van der Waals surface area (Å²) in [4.78, 5) is 12.9. The molecule has 0 saturated carbocycles. The fourth-order valence-electron chi connectivity index (χ4n) is 1.75. The number of benzene rings is 1. The molecule has 1 amide bonds. The number of rotatable bonds is 8. The number of amides is 1. The molecular formula is C14H19ClN2O4S. The van der Waals surface area contributed by atoms with E-state index >= 15 is 0 Å². The molecule has 0 unspecified atom stereocenters. The van der Waals surface area contributed by atoms with E-state index in [4.69, 9.17) is 16.3 Å². The molecule has 0 heterocycles. The first-order valence-electron chi connectivity index (χ1n) is 6.51. The molecule has 1 rings (SSSR count). The third-order valence-corrected chi connectivity index (χ3v) is 4.66. The predicted molar refractivity (Wildman–Crippen MR) is 85.6 cm³/mol. The minimum absolute atomic E-state index is 0.0383. The van der Waals surface area contributed by atoms with Gasteiger partial charge in [-0.2, -0.15) is 0 Å². The van der Waals surface area contributed by atoms with Crippen molar-refractivity contribution in [3.05, 3.63) is 35.9 Å². The van der Waals surface area contributed by atoms with Crippen molar-refractivity contribution in [1.29, 1.82) is 0 Å². The third kappa shape index (κ3) is 5.01. The summed E-state index contributed by atoms with van der Waals surface area (Å²) >= 11 is 5.92. The Labute approximate surface area is 135 Å². The van der Waals surface area contributed by atoms with Gasteiger partial charge in [-0.15, -0.1) is 6.58 Å². The maximum atomic E-state index is 12.2. The molecule has 6 nitrogen and oxygen atoms in total. The first-order chi connectivity index (χ1) is 10.3. The van der Waals surface area contributed by atoms with Crippen molar-refractivity contribution in [2.45, 2.75) is 11.8 Å². The zero-order chi connectivity index (χ0) is 16.8. The average molecular weight is 347 g/mol. The lowest BCUT2D eigenvalue weighted by atomic mass is 10.3. The monoisotopic (exact) mass is 346 g/mol. The number of hydrogen-bond donors (Lipinski definition) is 1. The SMILES string of the molecule is C=CCN(CCNS(=O)(=O)c1ccc(OC)c(Cl)c1)C(C)=O. The molecule has 8 heteroatoms. The molecule has 0 bridgehead atoms. The second kappa shape index (κ2) is 8.17. The Morgan fingerprint density at radius 3 is 2.68 bits per heavy atom. The molecule has 0 aromatic heterocycles. The summed E-state index contributed by atoms with van der Waals surface area (Å²) in [5, 5.41) is 0.211. The molecule has 0 aliphatic heterocycles. The standard InChI is InChI=1S/C14H19ClN2O4S/c1-4-8-17(11(2)18)9-7-16-22(19,20)12-5-6-14(21-3)13(15)10-12/h4-6,10,16H,1,7-9H2,2-3H3. The highest BCUT2D eigenvalue weighted by atomic mass is 35.5. The zero-order valence-electron chi connectivity index (χ0n) is 12.5. The molecule has 0 spiro atoms. The van der Waals surface area contributed by atoms with E-state index in [1.54, 1.807) is 6.08 Å². The van der Waals surface area contributed by atoms with Gasteiger partial charge in [0.25, 0.3) is 0 Å². The van der Waals surface area contributed by atoms with E-state index in [2.05, 4.69) is 11.3 Å². The molecule has 0 radical (unpaired) electrons. The summed E-state index contributed by atoms with van der Waals surface area (Å²) in [6, 6.07) is 4.20. The molecule has 1 N–H and O–H groups in total. The van der Waals surface area contributed by atoms with E-state index in [0.29, 0.717) is 12.3 Å². The summed E-state index contributed by atoms with van der Waals surface area (Å²) < 4.78 is 31.7. The van der Waals surface area contributed by atoms with Gasteiger partial charge in [-0.1, -0.05) is 17.7 Å². The van der Waals surface area contributed by atoms with Crippen LogP contribution in [0.4, 0.5) is 0 Å². The normalized spacial score (nSPS) is 11.0. The molecule has 0 saturated heterocycles. The van der Waals surface area contributed by atoms with Gasteiger partial charge in [0.1, 0.15) is 5.75 Å². The van der Waals surface area contributed by atoms with E-state index in [9.17, 15) is 13.2 Å². The first-order valence-corrected chi connectivity index (χ1v) is 8.37. The van der Waals surface area contributed by atoms with Crippen molar-refractivity contribution in [2.75, 3.05) is 26.7 Å². The number of carbonyl (C=O) groups excluding carboxylic acids is 1. The zero-order valence-corrected chi connectivity index (χ0v) is 14.1. The number of halogens is 1. The Kier molecular flexibility index (Phi) is 6.86. The summed E-state index contributed by atoms with van der Waals surface area (Å²) in [5.41, 5.74) is 0. The Balaban J connectivity index is 2.73. The number of nitrogens with zero attached hydrogens (tertiary/aromatic N) is 1. The molecule has 1 aromatic rings. The van der Waals surface area contributed by atoms with Crippen LogP contribution in [0, 0.1) is 0 Å². The van der Waals surface area contributed by atoms with Gasteiger partial charge in [0, 0.05) is 26.6 Å². The molecule has 0 atom stereocenters. The lowest BCUT2D eigenvalue weighted by molar-refractivity contribution is -0.128. The van der Waals surface area contributed by atoms with Crippen LogP contribution in [0.15, 0.2) is 35.7 Å². The van der Waals surface area contributed by atoms with Crippen LogP contribution in [0.25, 0.3) is 0 Å². The Morgan fingerprint density at radius 2 is 2.18 bits per heavy atom. The molecule has 0 aliphatic rings. The van der Waals surface area contributed by atoms with Crippen molar-refractivity contribution in [3.63, 3.8) is 0 Å². The van der Waals surface area contributed by atoms with Crippen LogP contribution in [-0.2, 0) is 14.8 Å². The van der Waals surface area contributed by atoms with Gasteiger partial charge in [0.2, 0.25) is 15.9 Å². The molecular weight excluding hydrogens is 328 g/mol. The highest BCUT2D eigenvalue weighted by Gasteiger charge is 2.16. The van der Waals surface area contributed by atoms with Crippen molar-refractivity contribution < 1.29 is 17.9 Å². The lowest BCUT2D eigenvalue weighted by Crippen LogP contribution is -2.37. The third-order valence-electron chi connectivity index (χ3n) is 2.90. The van der Waals surface area contributed by atoms with Crippen LogP contribution < -0.4 is 9.46 Å².